The van der Waals surface area contributed by atoms with E-state index < -0.39 is 10.9 Å². The molecule has 5 heteroatoms. The summed E-state index contributed by atoms with van der Waals surface area (Å²) in [4.78, 5) is 22.8. The van der Waals surface area contributed by atoms with Crippen molar-refractivity contribution in [2.75, 3.05) is 0 Å². The maximum atomic E-state index is 12.1. The maximum absolute atomic E-state index is 12.1. The molecule has 25 heavy (non-hydrogen) atoms. The molecule has 3 rings (SSSR count). The molecule has 0 aromatic heterocycles. The summed E-state index contributed by atoms with van der Waals surface area (Å²) in [6, 6.07) is 10.8. The van der Waals surface area contributed by atoms with E-state index in [9.17, 15) is 14.9 Å². The summed E-state index contributed by atoms with van der Waals surface area (Å²) in [5.41, 5.74) is 4.57. The van der Waals surface area contributed by atoms with E-state index in [1.165, 1.54) is 6.07 Å². The zero-order valence-corrected chi connectivity index (χ0v) is 14.2. The Morgan fingerprint density at radius 2 is 1.80 bits per heavy atom. The summed E-state index contributed by atoms with van der Waals surface area (Å²) in [6.45, 7) is 5.64. The average Bonchev–Trinajstić information content (AvgIpc) is 2.89. The molecule has 0 radical (unpaired) electrons. The molecule has 126 valence electrons. The van der Waals surface area contributed by atoms with Crippen molar-refractivity contribution in [1.29, 1.82) is 0 Å². The first kappa shape index (κ1) is 16.6. The second-order valence-corrected chi connectivity index (χ2v) is 6.12. The number of cyclic esters (lactones) is 1. The van der Waals surface area contributed by atoms with Crippen LogP contribution in [-0.2, 0) is 9.53 Å². The van der Waals surface area contributed by atoms with E-state index in [-0.39, 0.29) is 5.69 Å². The molecule has 0 unspecified atom stereocenters. The number of nitrogens with zero attached hydrogens (tertiary/aromatic N) is 1. The number of carbonyl (C=O) groups is 1. The van der Waals surface area contributed by atoms with Crippen LogP contribution in [0.5, 0.6) is 0 Å². The van der Waals surface area contributed by atoms with Crippen LogP contribution in [0.25, 0.3) is 11.8 Å². The Labute approximate surface area is 145 Å². The van der Waals surface area contributed by atoms with E-state index in [2.05, 4.69) is 0 Å². The first-order chi connectivity index (χ1) is 11.8. The Balaban J connectivity index is 1.99. The maximum Gasteiger partial charge on any atom is 0.343 e. The second kappa shape index (κ2) is 6.36. The van der Waals surface area contributed by atoms with E-state index in [1.54, 1.807) is 31.2 Å². The van der Waals surface area contributed by atoms with Crippen LogP contribution in [-0.4, -0.2) is 10.9 Å². The number of rotatable bonds is 3. The normalized spacial score (nSPS) is 15.2. The van der Waals surface area contributed by atoms with Crippen LogP contribution >= 0.6 is 0 Å². The largest absolute Gasteiger partial charge is 0.422 e. The van der Waals surface area contributed by atoms with Gasteiger partial charge in [-0.1, -0.05) is 35.9 Å². The Bertz CT molecular complexity index is 954. The first-order valence-electron chi connectivity index (χ1n) is 7.83. The minimum absolute atomic E-state index is 0.0271. The van der Waals surface area contributed by atoms with Gasteiger partial charge in [-0.15, -0.1) is 0 Å². The first-order valence-corrected chi connectivity index (χ1v) is 7.83. The highest BCUT2D eigenvalue weighted by Crippen LogP contribution is 2.30. The molecule has 0 saturated carbocycles. The lowest BCUT2D eigenvalue weighted by Crippen LogP contribution is -1.98. The summed E-state index contributed by atoms with van der Waals surface area (Å²) < 4.78 is 5.37. The highest BCUT2D eigenvalue weighted by atomic mass is 16.6. The van der Waals surface area contributed by atoms with E-state index in [4.69, 9.17) is 4.74 Å². The lowest BCUT2D eigenvalue weighted by Gasteiger charge is -2.06. The molecular weight excluding hydrogens is 318 g/mol. The number of aryl methyl sites for hydroxylation is 3. The summed E-state index contributed by atoms with van der Waals surface area (Å²) in [5, 5.41) is 11.1. The van der Waals surface area contributed by atoms with Gasteiger partial charge in [0.1, 0.15) is 5.76 Å². The van der Waals surface area contributed by atoms with Crippen molar-refractivity contribution in [2.45, 2.75) is 20.8 Å². The lowest BCUT2D eigenvalue weighted by atomic mass is 10.0. The number of nitro benzene ring substituents is 1. The topological polar surface area (TPSA) is 69.4 Å². The number of hydrogen-bond donors (Lipinski definition) is 0. The molecule has 0 atom stereocenters. The van der Waals surface area contributed by atoms with Crippen LogP contribution in [0.15, 0.2) is 48.0 Å². The zero-order valence-electron chi connectivity index (χ0n) is 14.2. The highest BCUT2D eigenvalue weighted by molar-refractivity contribution is 6.05. The van der Waals surface area contributed by atoms with E-state index in [1.807, 2.05) is 32.0 Å². The van der Waals surface area contributed by atoms with Gasteiger partial charge in [0.15, 0.2) is 0 Å². The fourth-order valence-electron chi connectivity index (χ4n) is 2.80. The molecule has 2 aromatic carbocycles. The summed E-state index contributed by atoms with van der Waals surface area (Å²) >= 11 is 0. The number of nitro groups is 1. The molecule has 0 bridgehead atoms. The Hall–Kier alpha value is -3.21. The molecular formula is C20H17NO4. The van der Waals surface area contributed by atoms with Crippen molar-refractivity contribution in [1.82, 2.24) is 0 Å². The summed E-state index contributed by atoms with van der Waals surface area (Å²) in [5.74, 6) is 0.0357. The number of esters is 1. The number of hydrogen-bond acceptors (Lipinski definition) is 4. The standard InChI is InChI=1S/C20H17NO4/c1-12-4-7-17(14(3)8-12)19-11-16(20(22)25-19)9-15-6-5-13(2)18(10-15)21(23)24/h4-11H,1-3H3/b16-9+. The average molecular weight is 335 g/mol. The monoisotopic (exact) mass is 335 g/mol. The van der Waals surface area contributed by atoms with Gasteiger partial charge in [-0.25, -0.2) is 4.79 Å². The van der Waals surface area contributed by atoms with E-state index in [0.29, 0.717) is 22.5 Å². The summed E-state index contributed by atoms with van der Waals surface area (Å²) in [6.07, 6.45) is 3.27. The SMILES string of the molecule is Cc1ccc(C2=C/C(=C\c3ccc(C)c([N+](=O)[O-])c3)C(=O)O2)c(C)c1. The molecule has 5 nitrogen and oxygen atoms in total. The third kappa shape index (κ3) is 3.35. The zero-order chi connectivity index (χ0) is 18.1. The minimum atomic E-state index is -0.460. The smallest absolute Gasteiger partial charge is 0.343 e. The molecule has 1 aliphatic heterocycles. The van der Waals surface area contributed by atoms with Crippen LogP contribution < -0.4 is 0 Å². The number of ether oxygens (including phenoxy) is 1. The highest BCUT2D eigenvalue weighted by Gasteiger charge is 2.23. The van der Waals surface area contributed by atoms with Crippen LogP contribution in [0.4, 0.5) is 5.69 Å². The van der Waals surface area contributed by atoms with Gasteiger partial charge in [0, 0.05) is 17.2 Å². The van der Waals surface area contributed by atoms with Crippen molar-refractivity contribution < 1.29 is 14.5 Å². The molecule has 0 saturated heterocycles. The molecule has 0 spiro atoms. The molecule has 0 N–H and O–H groups in total. The summed E-state index contributed by atoms with van der Waals surface area (Å²) in [7, 11) is 0. The van der Waals surface area contributed by atoms with Gasteiger partial charge in [-0.05, 0) is 44.1 Å². The van der Waals surface area contributed by atoms with Crippen molar-refractivity contribution in [3.8, 4) is 0 Å². The lowest BCUT2D eigenvalue weighted by molar-refractivity contribution is -0.385. The van der Waals surface area contributed by atoms with Crippen LogP contribution in [0, 0.1) is 30.9 Å². The van der Waals surface area contributed by atoms with Crippen LogP contribution in [0.3, 0.4) is 0 Å². The van der Waals surface area contributed by atoms with Crippen LogP contribution in [0.1, 0.15) is 27.8 Å². The predicted molar refractivity (Wildman–Crippen MR) is 95.8 cm³/mol. The Morgan fingerprint density at radius 1 is 1.04 bits per heavy atom. The third-order valence-electron chi connectivity index (χ3n) is 4.12. The molecule has 0 amide bonds. The number of carbonyl (C=O) groups excluding carboxylic acids is 1. The Morgan fingerprint density at radius 3 is 2.48 bits per heavy atom. The number of benzene rings is 2. The van der Waals surface area contributed by atoms with Gasteiger partial charge in [-0.3, -0.25) is 10.1 Å². The van der Waals surface area contributed by atoms with Crippen molar-refractivity contribution in [3.63, 3.8) is 0 Å². The fourth-order valence-corrected chi connectivity index (χ4v) is 2.80. The van der Waals surface area contributed by atoms with Crippen molar-refractivity contribution in [3.05, 3.63) is 86.0 Å². The molecule has 2 aromatic rings. The molecule has 0 fully saturated rings. The van der Waals surface area contributed by atoms with Gasteiger partial charge >= 0.3 is 5.97 Å². The van der Waals surface area contributed by atoms with Gasteiger partial charge in [0.25, 0.3) is 5.69 Å². The molecule has 1 heterocycles. The van der Waals surface area contributed by atoms with Gasteiger partial charge in [0.2, 0.25) is 0 Å². The van der Waals surface area contributed by atoms with Gasteiger partial charge < -0.3 is 4.74 Å². The second-order valence-electron chi connectivity index (χ2n) is 6.12. The predicted octanol–water partition coefficient (Wildman–Crippen LogP) is 4.50. The minimum Gasteiger partial charge on any atom is -0.422 e. The van der Waals surface area contributed by atoms with E-state index in [0.717, 1.165) is 16.7 Å². The fraction of sp³-hybridized carbons (Fsp3) is 0.150. The Kier molecular flexibility index (Phi) is 4.23. The van der Waals surface area contributed by atoms with Crippen LogP contribution in [0.2, 0.25) is 0 Å². The quantitative estimate of drug-likeness (QED) is 0.358. The van der Waals surface area contributed by atoms with Crippen molar-refractivity contribution >= 4 is 23.5 Å². The van der Waals surface area contributed by atoms with Gasteiger partial charge in [-0.2, -0.15) is 0 Å². The third-order valence-corrected chi connectivity index (χ3v) is 4.12. The van der Waals surface area contributed by atoms with Gasteiger partial charge in [0.05, 0.1) is 10.5 Å². The van der Waals surface area contributed by atoms with Crippen molar-refractivity contribution in [2.24, 2.45) is 0 Å². The van der Waals surface area contributed by atoms with E-state index >= 15 is 0 Å². The molecule has 0 aliphatic carbocycles. The molecule has 1 aliphatic rings.